The molecule has 0 spiro atoms. The minimum absolute atomic E-state index is 0.142. The summed E-state index contributed by atoms with van der Waals surface area (Å²) in [6.07, 6.45) is 0. The molecule has 1 amide bonds. The van der Waals surface area contributed by atoms with Gasteiger partial charge in [0.05, 0.1) is 5.60 Å². The summed E-state index contributed by atoms with van der Waals surface area (Å²) in [5.41, 5.74) is 1.81. The van der Waals surface area contributed by atoms with Crippen molar-refractivity contribution >= 4 is 5.91 Å². The van der Waals surface area contributed by atoms with Gasteiger partial charge < -0.3 is 15.3 Å². The average Bonchev–Trinajstić information content (AvgIpc) is 2.24. The molecule has 19 heavy (non-hydrogen) atoms. The largest absolute Gasteiger partial charge is 0.387 e. The summed E-state index contributed by atoms with van der Waals surface area (Å²) in [7, 11) is 3.78. The number of nitrogens with one attached hydrogen (secondary N) is 1. The van der Waals surface area contributed by atoms with E-state index in [2.05, 4.69) is 5.32 Å². The van der Waals surface area contributed by atoms with Crippen LogP contribution in [0.15, 0.2) is 18.2 Å². The smallest absolute Gasteiger partial charge is 0.251 e. The van der Waals surface area contributed by atoms with Crippen LogP contribution >= 0.6 is 0 Å². The fourth-order valence-electron chi connectivity index (χ4n) is 2.17. The number of likely N-dealkylation sites (N-methyl/N-ethyl adjacent to an activating group) is 1. The van der Waals surface area contributed by atoms with E-state index in [1.165, 1.54) is 0 Å². The number of hydrogen-bond donors (Lipinski definition) is 2. The molecule has 0 fully saturated rings. The third-order valence-corrected chi connectivity index (χ3v) is 2.91. The molecule has 1 atom stereocenters. The molecule has 106 valence electrons. The van der Waals surface area contributed by atoms with Crippen molar-refractivity contribution in [3.63, 3.8) is 0 Å². The molecule has 4 nitrogen and oxygen atoms in total. The van der Waals surface area contributed by atoms with Crippen LogP contribution in [0.2, 0.25) is 0 Å². The quantitative estimate of drug-likeness (QED) is 0.844. The third kappa shape index (κ3) is 5.01. The molecule has 0 heterocycles. The number of benzene rings is 1. The number of rotatable bonds is 5. The van der Waals surface area contributed by atoms with Crippen molar-refractivity contribution in [2.45, 2.75) is 26.4 Å². The van der Waals surface area contributed by atoms with Crippen molar-refractivity contribution in [2.75, 3.05) is 27.2 Å². The number of carbonyl (C=O) groups excluding carboxylic acids is 1. The SMILES string of the molecule is Cc1ccc(C(=O)NCC(C)(O)CN(C)C)c(C)c1. The Labute approximate surface area is 115 Å². The maximum absolute atomic E-state index is 12.1. The second-order valence-electron chi connectivity index (χ2n) is 5.74. The minimum atomic E-state index is -0.933. The molecule has 1 aromatic carbocycles. The average molecular weight is 264 g/mol. The molecule has 1 unspecified atom stereocenters. The standard InChI is InChI=1S/C15H24N2O2/c1-11-6-7-13(12(2)8-11)14(18)16-9-15(3,19)10-17(4)5/h6-8,19H,9-10H2,1-5H3,(H,16,18). The Hall–Kier alpha value is -1.39. The van der Waals surface area contributed by atoms with Crippen LogP contribution in [-0.4, -0.2) is 48.7 Å². The van der Waals surface area contributed by atoms with Gasteiger partial charge in [-0.15, -0.1) is 0 Å². The first-order chi connectivity index (χ1) is 8.71. The zero-order chi connectivity index (χ0) is 14.6. The molecule has 0 saturated heterocycles. The maximum Gasteiger partial charge on any atom is 0.251 e. The van der Waals surface area contributed by atoms with Crippen LogP contribution in [0.25, 0.3) is 0 Å². The van der Waals surface area contributed by atoms with Crippen molar-refractivity contribution in [3.05, 3.63) is 34.9 Å². The Morgan fingerprint density at radius 2 is 2.00 bits per heavy atom. The third-order valence-electron chi connectivity index (χ3n) is 2.91. The number of hydrogen-bond acceptors (Lipinski definition) is 3. The highest BCUT2D eigenvalue weighted by molar-refractivity contribution is 5.95. The van der Waals surface area contributed by atoms with Gasteiger partial charge in [0, 0.05) is 18.7 Å². The molecule has 0 aliphatic carbocycles. The topological polar surface area (TPSA) is 52.6 Å². The minimum Gasteiger partial charge on any atom is -0.387 e. The van der Waals surface area contributed by atoms with Gasteiger partial charge in [-0.3, -0.25) is 4.79 Å². The lowest BCUT2D eigenvalue weighted by atomic mass is 10.0. The molecule has 0 aliphatic heterocycles. The van der Waals surface area contributed by atoms with E-state index in [1.54, 1.807) is 6.92 Å². The summed E-state index contributed by atoms with van der Waals surface area (Å²) in [6.45, 7) is 6.36. The van der Waals surface area contributed by atoms with E-state index in [-0.39, 0.29) is 12.5 Å². The van der Waals surface area contributed by atoms with E-state index in [0.717, 1.165) is 11.1 Å². The number of amides is 1. The van der Waals surface area contributed by atoms with Gasteiger partial charge >= 0.3 is 0 Å². The van der Waals surface area contributed by atoms with Gasteiger partial charge in [0.25, 0.3) is 5.91 Å². The number of nitrogens with zero attached hydrogens (tertiary/aromatic N) is 1. The molecule has 2 N–H and O–H groups in total. The zero-order valence-corrected chi connectivity index (χ0v) is 12.4. The highest BCUT2D eigenvalue weighted by atomic mass is 16.3. The van der Waals surface area contributed by atoms with Gasteiger partial charge in [0.15, 0.2) is 0 Å². The fraction of sp³-hybridized carbons (Fsp3) is 0.533. The van der Waals surface area contributed by atoms with Crippen molar-refractivity contribution in [1.82, 2.24) is 10.2 Å². The molecule has 0 aliphatic rings. The second-order valence-corrected chi connectivity index (χ2v) is 5.74. The molecule has 0 aromatic heterocycles. The molecule has 0 radical (unpaired) electrons. The van der Waals surface area contributed by atoms with Crippen molar-refractivity contribution in [1.29, 1.82) is 0 Å². The number of carbonyl (C=O) groups is 1. The van der Waals surface area contributed by atoms with E-state index in [4.69, 9.17) is 0 Å². The Kier molecular flexibility index (Phi) is 5.09. The van der Waals surface area contributed by atoms with Crippen molar-refractivity contribution in [2.24, 2.45) is 0 Å². The Morgan fingerprint density at radius 3 is 2.53 bits per heavy atom. The first-order valence-corrected chi connectivity index (χ1v) is 6.44. The Morgan fingerprint density at radius 1 is 1.37 bits per heavy atom. The van der Waals surface area contributed by atoms with Gasteiger partial charge in [-0.1, -0.05) is 17.7 Å². The van der Waals surface area contributed by atoms with Gasteiger partial charge in [0.1, 0.15) is 0 Å². The molecule has 1 aromatic rings. The lowest BCUT2D eigenvalue weighted by Gasteiger charge is -2.27. The molecule has 0 bridgehead atoms. The van der Waals surface area contributed by atoms with Crippen LogP contribution in [0.5, 0.6) is 0 Å². The summed E-state index contributed by atoms with van der Waals surface area (Å²) in [5, 5.41) is 12.9. The monoisotopic (exact) mass is 264 g/mol. The lowest BCUT2D eigenvalue weighted by molar-refractivity contribution is 0.0326. The molecular weight excluding hydrogens is 240 g/mol. The summed E-state index contributed by atoms with van der Waals surface area (Å²) in [6, 6.07) is 5.72. The second kappa shape index (κ2) is 6.17. The van der Waals surface area contributed by atoms with Crippen LogP contribution in [0.3, 0.4) is 0 Å². The predicted molar refractivity (Wildman–Crippen MR) is 77.4 cm³/mol. The van der Waals surface area contributed by atoms with Crippen LogP contribution in [0, 0.1) is 13.8 Å². The molecule has 1 rings (SSSR count). The lowest BCUT2D eigenvalue weighted by Crippen LogP contribution is -2.47. The zero-order valence-electron chi connectivity index (χ0n) is 12.4. The van der Waals surface area contributed by atoms with E-state index >= 15 is 0 Å². The summed E-state index contributed by atoms with van der Waals surface area (Å²) < 4.78 is 0. The van der Waals surface area contributed by atoms with Gasteiger partial charge in [0.2, 0.25) is 0 Å². The van der Waals surface area contributed by atoms with E-state index in [9.17, 15) is 9.90 Å². The van der Waals surface area contributed by atoms with Crippen LogP contribution in [-0.2, 0) is 0 Å². The number of aryl methyl sites for hydroxylation is 2. The Balaban J connectivity index is 2.65. The van der Waals surface area contributed by atoms with Gasteiger partial charge in [-0.25, -0.2) is 0 Å². The maximum atomic E-state index is 12.1. The molecule has 4 heteroatoms. The molecule has 0 saturated carbocycles. The molecular formula is C15H24N2O2. The van der Waals surface area contributed by atoms with E-state index in [1.807, 2.05) is 51.0 Å². The normalized spacial score (nSPS) is 14.3. The van der Waals surface area contributed by atoms with Gasteiger partial charge in [-0.05, 0) is 46.5 Å². The number of aliphatic hydroxyl groups is 1. The van der Waals surface area contributed by atoms with Gasteiger partial charge in [-0.2, -0.15) is 0 Å². The van der Waals surface area contributed by atoms with Crippen LogP contribution in [0.4, 0.5) is 0 Å². The van der Waals surface area contributed by atoms with E-state index < -0.39 is 5.60 Å². The van der Waals surface area contributed by atoms with Crippen molar-refractivity contribution in [3.8, 4) is 0 Å². The predicted octanol–water partition coefficient (Wildman–Crippen LogP) is 1.35. The van der Waals surface area contributed by atoms with E-state index in [0.29, 0.717) is 12.1 Å². The fourth-order valence-corrected chi connectivity index (χ4v) is 2.17. The Bertz CT molecular complexity index is 453. The highest BCUT2D eigenvalue weighted by Gasteiger charge is 2.22. The van der Waals surface area contributed by atoms with Crippen LogP contribution < -0.4 is 5.32 Å². The summed E-state index contributed by atoms with van der Waals surface area (Å²) in [5.74, 6) is -0.142. The summed E-state index contributed by atoms with van der Waals surface area (Å²) >= 11 is 0. The first-order valence-electron chi connectivity index (χ1n) is 6.44. The first kappa shape index (κ1) is 15.7. The van der Waals surface area contributed by atoms with Crippen molar-refractivity contribution < 1.29 is 9.90 Å². The summed E-state index contributed by atoms with van der Waals surface area (Å²) in [4.78, 5) is 14.0. The highest BCUT2D eigenvalue weighted by Crippen LogP contribution is 2.11. The van der Waals surface area contributed by atoms with Crippen LogP contribution in [0.1, 0.15) is 28.4 Å².